The molecule has 0 atom stereocenters. The maximum Gasteiger partial charge on any atom is 0.181 e. The summed E-state index contributed by atoms with van der Waals surface area (Å²) in [5.41, 5.74) is 6.08. The maximum absolute atomic E-state index is 6.04. The van der Waals surface area contributed by atoms with Crippen molar-refractivity contribution in [2.75, 3.05) is 0 Å². The number of furan rings is 1. The lowest BCUT2D eigenvalue weighted by Crippen LogP contribution is -1.90. The SMILES string of the molecule is c1ncc2c(n1)sc1cnc(-c3ncnc4c3sc3ncc(-c5ncnc6c5oc5cncnc56)cc34)cc12. The molecule has 9 heterocycles. The van der Waals surface area contributed by atoms with Crippen LogP contribution in [0.25, 0.3) is 85.6 Å². The van der Waals surface area contributed by atoms with Crippen LogP contribution in [-0.2, 0) is 0 Å². The molecule has 182 valence electrons. The molecule has 39 heavy (non-hydrogen) atoms. The normalized spacial score (nSPS) is 12.1. The second-order valence-electron chi connectivity index (χ2n) is 8.73. The van der Waals surface area contributed by atoms with Gasteiger partial charge >= 0.3 is 0 Å². The zero-order chi connectivity index (χ0) is 25.5. The number of fused-ring (bicyclic) bond motifs is 9. The number of aromatic nitrogens is 10. The van der Waals surface area contributed by atoms with Gasteiger partial charge in [-0.05, 0) is 12.1 Å². The Bertz CT molecular complexity index is 2430. The summed E-state index contributed by atoms with van der Waals surface area (Å²) in [6.07, 6.45) is 13.2. The molecule has 9 aromatic rings. The van der Waals surface area contributed by atoms with E-state index >= 15 is 0 Å². The molecule has 13 heteroatoms. The van der Waals surface area contributed by atoms with Gasteiger partial charge in [0.15, 0.2) is 11.2 Å². The van der Waals surface area contributed by atoms with E-state index in [0.717, 1.165) is 57.7 Å². The molecular weight excluding hydrogens is 532 g/mol. The molecule has 9 aromatic heterocycles. The zero-order valence-corrected chi connectivity index (χ0v) is 21.1. The number of hydrogen-bond acceptors (Lipinski definition) is 13. The van der Waals surface area contributed by atoms with E-state index in [0.29, 0.717) is 27.9 Å². The highest BCUT2D eigenvalue weighted by atomic mass is 32.1. The molecule has 0 aromatic carbocycles. The van der Waals surface area contributed by atoms with E-state index in [1.165, 1.54) is 24.0 Å². The molecule has 0 radical (unpaired) electrons. The van der Waals surface area contributed by atoms with Crippen LogP contribution in [0.3, 0.4) is 0 Å². The van der Waals surface area contributed by atoms with Crippen LogP contribution >= 0.6 is 22.7 Å². The Morgan fingerprint density at radius 1 is 0.564 bits per heavy atom. The molecular formula is C26H10N10OS2. The number of hydrogen-bond donors (Lipinski definition) is 0. The van der Waals surface area contributed by atoms with Gasteiger partial charge < -0.3 is 4.42 Å². The fourth-order valence-corrected chi connectivity index (χ4v) is 6.89. The third kappa shape index (κ3) is 2.96. The monoisotopic (exact) mass is 542 g/mol. The van der Waals surface area contributed by atoms with Crippen LogP contribution in [-0.4, -0.2) is 49.8 Å². The molecule has 0 spiro atoms. The summed E-state index contributed by atoms with van der Waals surface area (Å²) in [5, 5.41) is 2.95. The van der Waals surface area contributed by atoms with Crippen LogP contribution in [0.4, 0.5) is 0 Å². The summed E-state index contributed by atoms with van der Waals surface area (Å²) in [4.78, 5) is 46.4. The van der Waals surface area contributed by atoms with Crippen molar-refractivity contribution in [1.29, 1.82) is 0 Å². The second-order valence-corrected chi connectivity index (χ2v) is 10.8. The third-order valence-electron chi connectivity index (χ3n) is 6.58. The predicted octanol–water partition coefficient (Wildman–Crippen LogP) is 5.61. The van der Waals surface area contributed by atoms with Gasteiger partial charge in [-0.25, -0.2) is 44.9 Å². The Morgan fingerprint density at radius 3 is 2.36 bits per heavy atom. The smallest absolute Gasteiger partial charge is 0.181 e. The average molecular weight is 543 g/mol. The van der Waals surface area contributed by atoms with Crippen LogP contribution < -0.4 is 0 Å². The van der Waals surface area contributed by atoms with Crippen LogP contribution in [0, 0.1) is 0 Å². The van der Waals surface area contributed by atoms with Crippen molar-refractivity contribution in [2.24, 2.45) is 0 Å². The lowest BCUT2D eigenvalue weighted by atomic mass is 10.1. The fourth-order valence-electron chi connectivity index (χ4n) is 4.85. The van der Waals surface area contributed by atoms with Crippen LogP contribution in [0.15, 0.2) is 66.6 Å². The number of pyridine rings is 2. The molecule has 0 amide bonds. The van der Waals surface area contributed by atoms with Gasteiger partial charge in [0.25, 0.3) is 0 Å². The van der Waals surface area contributed by atoms with E-state index in [9.17, 15) is 0 Å². The average Bonchev–Trinajstić information content (AvgIpc) is 3.67. The summed E-state index contributed by atoms with van der Waals surface area (Å²) in [7, 11) is 0. The standard InChI is InChI=1S/C26H10N10OS2/c1-11(18-23-22(35-9-32-18)21-16(37-23)5-28-7-31-21)3-30-25-13(1)19-24(39-25)20(34-10-33-19)15-2-12-14-4-27-8-36-26(14)38-17(12)6-29-15/h1-10H. The Labute approximate surface area is 224 Å². The van der Waals surface area contributed by atoms with Gasteiger partial charge in [-0.3, -0.25) is 4.98 Å². The van der Waals surface area contributed by atoms with Crippen LogP contribution in [0.2, 0.25) is 0 Å². The van der Waals surface area contributed by atoms with Crippen molar-refractivity contribution in [2.45, 2.75) is 0 Å². The summed E-state index contributed by atoms with van der Waals surface area (Å²) in [6.45, 7) is 0. The summed E-state index contributed by atoms with van der Waals surface area (Å²) in [6, 6.07) is 4.07. The van der Waals surface area contributed by atoms with E-state index in [4.69, 9.17) is 14.4 Å². The van der Waals surface area contributed by atoms with Gasteiger partial charge in [-0.1, -0.05) is 0 Å². The van der Waals surface area contributed by atoms with E-state index in [1.807, 2.05) is 24.5 Å². The Kier molecular flexibility index (Phi) is 4.11. The molecule has 11 nitrogen and oxygen atoms in total. The first kappa shape index (κ1) is 20.9. The Balaban J connectivity index is 1.25. The molecule has 0 saturated heterocycles. The molecule has 0 fully saturated rings. The van der Waals surface area contributed by atoms with Gasteiger partial charge in [0, 0.05) is 40.3 Å². The molecule has 0 N–H and O–H groups in total. The van der Waals surface area contributed by atoms with Gasteiger partial charge in [-0.2, -0.15) is 0 Å². The first-order valence-electron chi connectivity index (χ1n) is 11.7. The van der Waals surface area contributed by atoms with Gasteiger partial charge in [0.05, 0.1) is 26.8 Å². The van der Waals surface area contributed by atoms with E-state index < -0.39 is 0 Å². The van der Waals surface area contributed by atoms with Crippen molar-refractivity contribution in [3.05, 3.63) is 62.2 Å². The fraction of sp³-hybridized carbons (Fsp3) is 0. The van der Waals surface area contributed by atoms with Crippen molar-refractivity contribution in [3.8, 4) is 22.6 Å². The summed E-state index contributed by atoms with van der Waals surface area (Å²) < 4.78 is 8.00. The van der Waals surface area contributed by atoms with Gasteiger partial charge in [0.1, 0.15) is 57.4 Å². The van der Waals surface area contributed by atoms with E-state index in [2.05, 4.69) is 39.9 Å². The quantitative estimate of drug-likeness (QED) is 0.269. The number of rotatable bonds is 2. The molecule has 0 aliphatic carbocycles. The van der Waals surface area contributed by atoms with Crippen molar-refractivity contribution in [1.82, 2.24) is 49.8 Å². The second kappa shape index (κ2) is 7.69. The predicted molar refractivity (Wildman–Crippen MR) is 148 cm³/mol. The molecule has 0 unspecified atom stereocenters. The first-order chi connectivity index (χ1) is 19.3. The van der Waals surface area contributed by atoms with Crippen molar-refractivity contribution >= 4 is 85.6 Å². The largest absolute Gasteiger partial charge is 0.449 e. The maximum atomic E-state index is 6.04. The highest BCUT2D eigenvalue weighted by molar-refractivity contribution is 7.26. The van der Waals surface area contributed by atoms with E-state index in [1.54, 1.807) is 36.4 Å². The Hall–Kier alpha value is -5.14. The minimum atomic E-state index is 0.536. The molecule has 0 aliphatic rings. The third-order valence-corrected chi connectivity index (χ3v) is 8.76. The number of nitrogens with zero attached hydrogens (tertiary/aromatic N) is 10. The lowest BCUT2D eigenvalue weighted by Gasteiger charge is -2.02. The highest BCUT2D eigenvalue weighted by Gasteiger charge is 2.20. The van der Waals surface area contributed by atoms with Gasteiger partial charge in [-0.15, -0.1) is 22.7 Å². The van der Waals surface area contributed by atoms with Gasteiger partial charge in [0.2, 0.25) is 0 Å². The number of thiophene rings is 2. The van der Waals surface area contributed by atoms with Crippen LogP contribution in [0.1, 0.15) is 0 Å². The van der Waals surface area contributed by atoms with Crippen molar-refractivity contribution < 1.29 is 4.42 Å². The molecule has 0 aliphatic heterocycles. The topological polar surface area (TPSA) is 142 Å². The highest BCUT2D eigenvalue weighted by Crippen LogP contribution is 2.40. The minimum Gasteiger partial charge on any atom is -0.449 e. The summed E-state index contributed by atoms with van der Waals surface area (Å²) in [5.74, 6) is 0. The molecule has 0 bridgehead atoms. The van der Waals surface area contributed by atoms with Crippen LogP contribution in [0.5, 0.6) is 0 Å². The Morgan fingerprint density at radius 2 is 1.38 bits per heavy atom. The molecule has 9 rings (SSSR count). The minimum absolute atomic E-state index is 0.536. The zero-order valence-electron chi connectivity index (χ0n) is 19.5. The lowest BCUT2D eigenvalue weighted by molar-refractivity contribution is 0.664. The summed E-state index contributed by atoms with van der Waals surface area (Å²) >= 11 is 3.13. The van der Waals surface area contributed by atoms with Crippen molar-refractivity contribution in [3.63, 3.8) is 0 Å². The first-order valence-corrected chi connectivity index (χ1v) is 13.3. The van der Waals surface area contributed by atoms with E-state index in [-0.39, 0.29) is 0 Å². The molecule has 0 saturated carbocycles.